The monoisotopic (exact) mass is 539 g/mol. The van der Waals surface area contributed by atoms with E-state index in [1.165, 1.54) is 17.5 Å². The fourth-order valence-electron chi connectivity index (χ4n) is 3.17. The SMILES string of the molecule is CC(C)c1cccc(C(C)C)c1-n1ccnc1-c1[c-]nc2ocnc2n1.[Ir]. The minimum absolute atomic E-state index is 0. The van der Waals surface area contributed by atoms with Crippen molar-refractivity contribution in [1.82, 2.24) is 24.5 Å². The van der Waals surface area contributed by atoms with E-state index in [4.69, 9.17) is 4.42 Å². The van der Waals surface area contributed by atoms with E-state index in [0.717, 1.165) is 5.69 Å². The summed E-state index contributed by atoms with van der Waals surface area (Å²) in [5.74, 6) is 1.46. The van der Waals surface area contributed by atoms with Crippen LogP contribution in [0.5, 0.6) is 0 Å². The molecule has 27 heavy (non-hydrogen) atoms. The molecule has 0 aliphatic carbocycles. The van der Waals surface area contributed by atoms with Gasteiger partial charge in [0.1, 0.15) is 0 Å². The Hall–Kier alpha value is -2.37. The number of rotatable bonds is 4. The van der Waals surface area contributed by atoms with E-state index in [2.05, 4.69) is 76.6 Å². The summed E-state index contributed by atoms with van der Waals surface area (Å²) in [6.45, 7) is 8.81. The van der Waals surface area contributed by atoms with Crippen LogP contribution in [0, 0.1) is 6.20 Å². The maximum atomic E-state index is 5.16. The first-order valence-corrected chi connectivity index (χ1v) is 8.72. The van der Waals surface area contributed by atoms with Gasteiger partial charge in [0, 0.05) is 43.9 Å². The third-order valence-electron chi connectivity index (χ3n) is 4.45. The van der Waals surface area contributed by atoms with Crippen LogP contribution in [0.2, 0.25) is 0 Å². The fraction of sp³-hybridized carbons (Fsp3) is 0.300. The Morgan fingerprint density at radius 3 is 2.41 bits per heavy atom. The maximum absolute atomic E-state index is 5.16. The molecule has 0 amide bonds. The molecule has 1 radical (unpaired) electrons. The van der Waals surface area contributed by atoms with Gasteiger partial charge in [0.25, 0.3) is 0 Å². The zero-order valence-corrected chi connectivity index (χ0v) is 18.0. The number of fused-ring (bicyclic) bond motifs is 1. The van der Waals surface area contributed by atoms with Gasteiger partial charge in [0.2, 0.25) is 0 Å². The number of hydrogen-bond acceptors (Lipinski definition) is 5. The molecule has 0 saturated heterocycles. The molecular formula is C20H20IrN5O-. The molecule has 0 atom stereocenters. The summed E-state index contributed by atoms with van der Waals surface area (Å²) >= 11 is 0. The summed E-state index contributed by atoms with van der Waals surface area (Å²) in [5, 5.41) is 0. The van der Waals surface area contributed by atoms with Crippen LogP contribution in [0.25, 0.3) is 28.6 Å². The summed E-state index contributed by atoms with van der Waals surface area (Å²) in [6.07, 6.45) is 8.00. The van der Waals surface area contributed by atoms with Crippen LogP contribution in [0.4, 0.5) is 0 Å². The molecule has 3 heterocycles. The second kappa shape index (κ2) is 7.70. The molecule has 7 heteroatoms. The van der Waals surface area contributed by atoms with Gasteiger partial charge in [0.05, 0.1) is 5.82 Å². The van der Waals surface area contributed by atoms with Crippen molar-refractivity contribution in [3.05, 3.63) is 54.3 Å². The predicted octanol–water partition coefficient (Wildman–Crippen LogP) is 4.51. The van der Waals surface area contributed by atoms with E-state index < -0.39 is 0 Å². The minimum atomic E-state index is 0. The zero-order chi connectivity index (χ0) is 18.3. The smallest absolute Gasteiger partial charge is 0.169 e. The van der Waals surface area contributed by atoms with E-state index in [1.807, 2.05) is 6.20 Å². The van der Waals surface area contributed by atoms with Crippen molar-refractivity contribution in [1.29, 1.82) is 0 Å². The molecule has 6 nitrogen and oxygen atoms in total. The van der Waals surface area contributed by atoms with Gasteiger partial charge in [-0.2, -0.15) is 0 Å². The van der Waals surface area contributed by atoms with E-state index in [-0.39, 0.29) is 20.1 Å². The van der Waals surface area contributed by atoms with Crippen molar-refractivity contribution < 1.29 is 24.5 Å². The molecule has 0 unspecified atom stereocenters. The Bertz CT molecular complexity index is 1040. The molecule has 0 aliphatic heterocycles. The number of nitrogens with zero attached hydrogens (tertiary/aromatic N) is 5. The van der Waals surface area contributed by atoms with Crippen LogP contribution < -0.4 is 0 Å². The van der Waals surface area contributed by atoms with E-state index in [0.29, 0.717) is 34.7 Å². The van der Waals surface area contributed by atoms with E-state index in [9.17, 15) is 0 Å². The van der Waals surface area contributed by atoms with Crippen molar-refractivity contribution >= 4 is 11.4 Å². The number of oxazole rings is 1. The van der Waals surface area contributed by atoms with Crippen LogP contribution in [-0.2, 0) is 20.1 Å². The minimum Gasteiger partial charge on any atom is -0.484 e. The van der Waals surface area contributed by atoms with Gasteiger partial charge in [-0.25, -0.2) is 4.98 Å². The van der Waals surface area contributed by atoms with E-state index >= 15 is 0 Å². The van der Waals surface area contributed by atoms with Crippen molar-refractivity contribution in [2.75, 3.05) is 0 Å². The van der Waals surface area contributed by atoms with Gasteiger partial charge in [-0.1, -0.05) is 45.9 Å². The van der Waals surface area contributed by atoms with Crippen molar-refractivity contribution in [3.63, 3.8) is 0 Å². The van der Waals surface area contributed by atoms with Crippen LogP contribution in [0.15, 0.2) is 41.4 Å². The molecule has 0 bridgehead atoms. The summed E-state index contributed by atoms with van der Waals surface area (Å²) in [6, 6.07) is 6.47. The summed E-state index contributed by atoms with van der Waals surface area (Å²) in [7, 11) is 0. The number of hydrogen-bond donors (Lipinski definition) is 0. The first kappa shape index (κ1) is 19.4. The first-order valence-electron chi connectivity index (χ1n) is 8.72. The van der Waals surface area contributed by atoms with Crippen LogP contribution in [0.1, 0.15) is 50.7 Å². The van der Waals surface area contributed by atoms with Gasteiger partial charge in [-0.15, -0.1) is 0 Å². The fourth-order valence-corrected chi connectivity index (χ4v) is 3.17. The summed E-state index contributed by atoms with van der Waals surface area (Å²) < 4.78 is 7.24. The Morgan fingerprint density at radius 1 is 1.04 bits per heavy atom. The normalized spacial score (nSPS) is 11.3. The third kappa shape index (κ3) is 3.45. The first-order chi connectivity index (χ1) is 12.6. The molecule has 4 rings (SSSR count). The van der Waals surface area contributed by atoms with Crippen molar-refractivity contribution in [3.8, 4) is 17.2 Å². The predicted molar refractivity (Wildman–Crippen MR) is 99.2 cm³/mol. The standard InChI is InChI=1S/C20H20N5O.Ir/c1-12(2)14-6-5-7-15(13(3)4)17(14)25-9-8-21-19(25)16-10-22-20-18(24-16)23-11-26-20;/h5-9,11-13H,1-4H3;/q-1;. The molecule has 0 N–H and O–H groups in total. The van der Waals surface area contributed by atoms with Crippen molar-refractivity contribution in [2.24, 2.45) is 0 Å². The molecule has 0 spiro atoms. The average molecular weight is 539 g/mol. The summed E-state index contributed by atoms with van der Waals surface area (Å²) in [4.78, 5) is 17.3. The Balaban J connectivity index is 0.00000210. The topological polar surface area (TPSA) is 69.6 Å². The number of aromatic nitrogens is 5. The largest absolute Gasteiger partial charge is 0.484 e. The maximum Gasteiger partial charge on any atom is 0.169 e. The quantitative estimate of drug-likeness (QED) is 0.358. The number of benzene rings is 1. The van der Waals surface area contributed by atoms with Gasteiger partial charge >= 0.3 is 0 Å². The molecule has 1 aromatic carbocycles. The third-order valence-corrected chi connectivity index (χ3v) is 4.45. The Kier molecular flexibility index (Phi) is 5.53. The zero-order valence-electron chi connectivity index (χ0n) is 15.6. The van der Waals surface area contributed by atoms with Crippen LogP contribution >= 0.6 is 0 Å². The van der Waals surface area contributed by atoms with Gasteiger partial charge in [0.15, 0.2) is 17.8 Å². The molecule has 0 saturated carbocycles. The second-order valence-electron chi connectivity index (χ2n) is 6.88. The molecular weight excluding hydrogens is 518 g/mol. The molecule has 4 aromatic rings. The average Bonchev–Trinajstić information content (AvgIpc) is 3.29. The Morgan fingerprint density at radius 2 is 1.74 bits per heavy atom. The second-order valence-corrected chi connectivity index (χ2v) is 6.88. The van der Waals surface area contributed by atoms with Gasteiger partial charge < -0.3 is 14.0 Å². The Labute approximate surface area is 171 Å². The van der Waals surface area contributed by atoms with E-state index in [1.54, 1.807) is 6.20 Å². The van der Waals surface area contributed by atoms with Crippen molar-refractivity contribution in [2.45, 2.75) is 39.5 Å². The molecule has 0 fully saturated rings. The summed E-state index contributed by atoms with van der Waals surface area (Å²) in [5.41, 5.74) is 5.06. The molecule has 141 valence electrons. The number of para-hydroxylation sites is 1. The van der Waals surface area contributed by atoms with Crippen LogP contribution in [0.3, 0.4) is 0 Å². The molecule has 0 aliphatic rings. The number of imidazole rings is 1. The van der Waals surface area contributed by atoms with Gasteiger partial charge in [-0.3, -0.25) is 9.97 Å². The molecule has 3 aromatic heterocycles. The van der Waals surface area contributed by atoms with Crippen LogP contribution in [-0.4, -0.2) is 24.5 Å². The van der Waals surface area contributed by atoms with Gasteiger partial charge in [-0.05, 0) is 29.2 Å².